The number of quaternary nitrogens is 1. The molecule has 0 aromatic heterocycles. The molecule has 2 fully saturated rings. The van der Waals surface area contributed by atoms with Gasteiger partial charge in [0.15, 0.2) is 0 Å². The summed E-state index contributed by atoms with van der Waals surface area (Å²) in [5.41, 5.74) is 0. The van der Waals surface area contributed by atoms with Gasteiger partial charge in [-0.25, -0.2) is 0 Å². The highest BCUT2D eigenvalue weighted by molar-refractivity contribution is 4.69. The third kappa shape index (κ3) is 2.96. The van der Waals surface area contributed by atoms with E-state index in [1.807, 2.05) is 0 Å². The highest BCUT2D eigenvalue weighted by Gasteiger charge is 2.23. The molecular formula is C12H24NO+. The lowest BCUT2D eigenvalue weighted by Crippen LogP contribution is -3.14. The molecule has 2 aliphatic rings. The highest BCUT2D eigenvalue weighted by Crippen LogP contribution is 2.27. The Bertz CT molecular complexity index is 158. The molecule has 0 bridgehead atoms. The maximum absolute atomic E-state index is 5.39. The van der Waals surface area contributed by atoms with Gasteiger partial charge in [0, 0.05) is 5.92 Å². The largest absolute Gasteiger partial charge is 0.370 e. The van der Waals surface area contributed by atoms with E-state index in [2.05, 4.69) is 6.92 Å². The fourth-order valence-corrected chi connectivity index (χ4v) is 2.81. The van der Waals surface area contributed by atoms with Crippen LogP contribution in [0.3, 0.4) is 0 Å². The van der Waals surface area contributed by atoms with Crippen LogP contribution in [-0.4, -0.2) is 32.8 Å². The Morgan fingerprint density at radius 1 is 1.07 bits per heavy atom. The highest BCUT2D eigenvalue weighted by atomic mass is 16.5. The van der Waals surface area contributed by atoms with Crippen molar-refractivity contribution in [2.45, 2.75) is 32.6 Å². The van der Waals surface area contributed by atoms with Crippen LogP contribution in [0.15, 0.2) is 0 Å². The Hall–Kier alpha value is -0.0800. The van der Waals surface area contributed by atoms with E-state index in [4.69, 9.17) is 4.74 Å². The van der Waals surface area contributed by atoms with Crippen LogP contribution in [0.2, 0.25) is 0 Å². The maximum Gasteiger partial charge on any atom is 0.101 e. The van der Waals surface area contributed by atoms with E-state index in [9.17, 15) is 0 Å². The maximum atomic E-state index is 5.39. The average molecular weight is 198 g/mol. The van der Waals surface area contributed by atoms with Gasteiger partial charge in [-0.05, 0) is 18.8 Å². The van der Waals surface area contributed by atoms with Crippen molar-refractivity contribution in [3.8, 4) is 0 Å². The van der Waals surface area contributed by atoms with Gasteiger partial charge in [0.05, 0.1) is 19.8 Å². The predicted molar refractivity (Wildman–Crippen MR) is 57.5 cm³/mol. The first-order chi connectivity index (χ1) is 6.84. The lowest BCUT2D eigenvalue weighted by molar-refractivity contribution is -0.911. The molecule has 1 N–H and O–H groups in total. The van der Waals surface area contributed by atoms with Crippen molar-refractivity contribution in [1.82, 2.24) is 0 Å². The van der Waals surface area contributed by atoms with Gasteiger partial charge < -0.3 is 9.64 Å². The summed E-state index contributed by atoms with van der Waals surface area (Å²) in [6, 6.07) is 0. The predicted octanol–water partition coefficient (Wildman–Crippen LogP) is 0.728. The molecule has 0 aromatic rings. The molecule has 2 nitrogen and oxygen atoms in total. The normalized spacial score (nSPS) is 35.8. The third-order valence-corrected chi connectivity index (χ3v) is 3.91. The molecule has 1 aliphatic carbocycles. The van der Waals surface area contributed by atoms with E-state index in [1.165, 1.54) is 45.3 Å². The van der Waals surface area contributed by atoms with Gasteiger partial charge >= 0.3 is 0 Å². The number of hydrogen-bond donors (Lipinski definition) is 1. The Labute approximate surface area is 87.6 Å². The summed E-state index contributed by atoms with van der Waals surface area (Å²) in [5, 5.41) is 0. The monoisotopic (exact) mass is 198 g/mol. The van der Waals surface area contributed by atoms with Crippen molar-refractivity contribution in [3.05, 3.63) is 0 Å². The Morgan fingerprint density at radius 2 is 1.71 bits per heavy atom. The lowest BCUT2D eigenvalue weighted by atomic mass is 9.83. The van der Waals surface area contributed by atoms with Gasteiger partial charge in [0.2, 0.25) is 0 Å². The van der Waals surface area contributed by atoms with Crippen LogP contribution in [0.4, 0.5) is 0 Å². The molecule has 1 heterocycles. The van der Waals surface area contributed by atoms with Crippen LogP contribution in [-0.2, 0) is 4.74 Å². The van der Waals surface area contributed by atoms with E-state index >= 15 is 0 Å². The molecule has 0 aromatic carbocycles. The first kappa shape index (κ1) is 10.4. The van der Waals surface area contributed by atoms with Gasteiger partial charge in [-0.15, -0.1) is 0 Å². The van der Waals surface area contributed by atoms with E-state index in [-0.39, 0.29) is 0 Å². The summed E-state index contributed by atoms with van der Waals surface area (Å²) >= 11 is 0. The van der Waals surface area contributed by atoms with Crippen molar-refractivity contribution in [2.75, 3.05) is 32.8 Å². The van der Waals surface area contributed by atoms with Gasteiger partial charge in [-0.3, -0.25) is 0 Å². The molecule has 0 unspecified atom stereocenters. The zero-order valence-corrected chi connectivity index (χ0v) is 9.43. The molecule has 2 heteroatoms. The van der Waals surface area contributed by atoms with E-state index < -0.39 is 0 Å². The van der Waals surface area contributed by atoms with Crippen molar-refractivity contribution in [3.63, 3.8) is 0 Å². The number of nitrogens with one attached hydrogen (secondary N) is 1. The van der Waals surface area contributed by atoms with Crippen molar-refractivity contribution in [1.29, 1.82) is 0 Å². The average Bonchev–Trinajstić information content (AvgIpc) is 2.23. The smallest absolute Gasteiger partial charge is 0.101 e. The third-order valence-electron chi connectivity index (χ3n) is 3.91. The fourth-order valence-electron chi connectivity index (χ4n) is 2.81. The van der Waals surface area contributed by atoms with Crippen molar-refractivity contribution >= 4 is 0 Å². The number of hydrogen-bond acceptors (Lipinski definition) is 1. The second-order valence-electron chi connectivity index (χ2n) is 5.19. The van der Waals surface area contributed by atoms with Crippen LogP contribution in [0.5, 0.6) is 0 Å². The number of rotatable bonds is 2. The summed E-state index contributed by atoms with van der Waals surface area (Å²) in [7, 11) is 0. The molecule has 0 radical (unpaired) electrons. The zero-order chi connectivity index (χ0) is 9.80. The van der Waals surface area contributed by atoms with Gasteiger partial charge in [0.1, 0.15) is 13.1 Å². The lowest BCUT2D eigenvalue weighted by Gasteiger charge is -2.31. The topological polar surface area (TPSA) is 13.7 Å². The minimum absolute atomic E-state index is 0.985. The minimum Gasteiger partial charge on any atom is -0.370 e. The SMILES string of the molecule is CC1CCC(C[NH+]2CCOCC2)CC1. The second kappa shape index (κ2) is 5.13. The second-order valence-corrected chi connectivity index (χ2v) is 5.19. The van der Waals surface area contributed by atoms with Gasteiger partial charge in [-0.2, -0.15) is 0 Å². The van der Waals surface area contributed by atoms with Gasteiger partial charge in [-0.1, -0.05) is 19.8 Å². The molecule has 1 saturated carbocycles. The van der Waals surface area contributed by atoms with Crippen molar-refractivity contribution in [2.24, 2.45) is 11.8 Å². The Balaban J connectivity index is 1.68. The van der Waals surface area contributed by atoms with E-state index in [0.29, 0.717) is 0 Å². The molecule has 2 rings (SSSR count). The van der Waals surface area contributed by atoms with E-state index in [1.54, 1.807) is 4.90 Å². The molecule has 1 saturated heterocycles. The summed E-state index contributed by atoms with van der Waals surface area (Å²) < 4.78 is 5.39. The standard InChI is InChI=1S/C12H23NO/c1-11-2-4-12(5-3-11)10-13-6-8-14-9-7-13/h11-12H,2-10H2,1H3/p+1. The van der Waals surface area contributed by atoms with Crippen LogP contribution in [0, 0.1) is 11.8 Å². The summed E-state index contributed by atoms with van der Waals surface area (Å²) in [6.45, 7) is 8.27. The molecule has 0 spiro atoms. The first-order valence-electron chi connectivity index (χ1n) is 6.26. The van der Waals surface area contributed by atoms with Crippen LogP contribution < -0.4 is 4.90 Å². The molecule has 0 amide bonds. The number of ether oxygens (including phenoxy) is 1. The molecule has 82 valence electrons. The number of morpholine rings is 1. The minimum atomic E-state index is 0.985. The molecular weight excluding hydrogens is 174 g/mol. The zero-order valence-electron chi connectivity index (χ0n) is 9.43. The summed E-state index contributed by atoms with van der Waals surface area (Å²) in [5.74, 6) is 2.00. The first-order valence-corrected chi connectivity index (χ1v) is 6.26. The Morgan fingerprint density at radius 3 is 2.36 bits per heavy atom. The van der Waals surface area contributed by atoms with Crippen molar-refractivity contribution < 1.29 is 9.64 Å². The summed E-state index contributed by atoms with van der Waals surface area (Å²) in [6.07, 6.45) is 5.89. The molecule has 0 atom stereocenters. The van der Waals surface area contributed by atoms with Crippen LogP contribution in [0.1, 0.15) is 32.6 Å². The van der Waals surface area contributed by atoms with E-state index in [0.717, 1.165) is 25.0 Å². The van der Waals surface area contributed by atoms with Crippen LogP contribution >= 0.6 is 0 Å². The molecule has 1 aliphatic heterocycles. The molecule has 14 heavy (non-hydrogen) atoms. The van der Waals surface area contributed by atoms with Crippen LogP contribution in [0.25, 0.3) is 0 Å². The van der Waals surface area contributed by atoms with Gasteiger partial charge in [0.25, 0.3) is 0 Å². The fraction of sp³-hybridized carbons (Fsp3) is 1.00. The quantitative estimate of drug-likeness (QED) is 0.690. The Kier molecular flexibility index (Phi) is 3.82. The summed E-state index contributed by atoms with van der Waals surface area (Å²) in [4.78, 5) is 1.79.